The maximum Gasteiger partial charge on any atom is 0.282 e. The van der Waals surface area contributed by atoms with Crippen molar-refractivity contribution in [1.82, 2.24) is 5.32 Å². The molecule has 0 aromatic carbocycles. The van der Waals surface area contributed by atoms with Gasteiger partial charge in [-0.1, -0.05) is 0 Å². The fourth-order valence-electron chi connectivity index (χ4n) is 0.839. The van der Waals surface area contributed by atoms with Crippen LogP contribution in [0.5, 0.6) is 0 Å². The molecule has 1 rings (SSSR count). The van der Waals surface area contributed by atoms with E-state index in [-0.39, 0.29) is 0 Å². The number of aliphatic hydroxyl groups is 1. The average Bonchev–Trinajstić information content (AvgIpc) is 2.57. The third-order valence-corrected chi connectivity index (χ3v) is 2.26. The molecule has 0 saturated heterocycles. The van der Waals surface area contributed by atoms with Gasteiger partial charge in [0, 0.05) is 6.54 Å². The van der Waals surface area contributed by atoms with Crippen LogP contribution in [-0.4, -0.2) is 24.2 Å². The predicted octanol–water partition coefficient (Wildman–Crippen LogP) is 1.47. The van der Waals surface area contributed by atoms with Gasteiger partial charge in [0.1, 0.15) is 6.61 Å². The predicted molar refractivity (Wildman–Crippen MR) is 48.1 cm³/mol. The van der Waals surface area contributed by atoms with Crippen molar-refractivity contribution in [1.29, 1.82) is 0 Å². The van der Waals surface area contributed by atoms with Crippen LogP contribution in [0.2, 0.25) is 0 Å². The van der Waals surface area contributed by atoms with Crippen LogP contribution in [0.1, 0.15) is 5.56 Å². The smallest absolute Gasteiger partial charge is 0.282 e. The second kappa shape index (κ2) is 4.64. The van der Waals surface area contributed by atoms with E-state index in [2.05, 4.69) is 5.32 Å². The van der Waals surface area contributed by atoms with Crippen molar-refractivity contribution < 1.29 is 13.9 Å². The average molecular weight is 207 g/mol. The number of hydrogen-bond acceptors (Lipinski definition) is 3. The second-order valence-electron chi connectivity index (χ2n) is 2.75. The maximum atomic E-state index is 12.5. The summed E-state index contributed by atoms with van der Waals surface area (Å²) in [5.41, 5.74) is 0.985. The van der Waals surface area contributed by atoms with Crippen LogP contribution in [0.15, 0.2) is 16.8 Å². The summed E-state index contributed by atoms with van der Waals surface area (Å²) >= 11 is 1.53. The zero-order chi connectivity index (χ0) is 9.73. The number of hydrogen-bond donors (Lipinski definition) is 2. The zero-order valence-corrected chi connectivity index (χ0v) is 7.78. The minimum absolute atomic E-state index is 0.416. The molecule has 2 nitrogen and oxygen atoms in total. The SMILES string of the molecule is OCC(F)(F)CNCc1ccsc1. The summed E-state index contributed by atoms with van der Waals surface area (Å²) in [6, 6.07) is 1.87. The summed E-state index contributed by atoms with van der Waals surface area (Å²) in [4.78, 5) is 0. The first-order valence-corrected chi connectivity index (χ1v) is 4.79. The number of rotatable bonds is 5. The molecule has 13 heavy (non-hydrogen) atoms. The molecule has 1 aromatic heterocycles. The van der Waals surface area contributed by atoms with Gasteiger partial charge in [0.25, 0.3) is 5.92 Å². The van der Waals surface area contributed by atoms with Crippen LogP contribution in [0.3, 0.4) is 0 Å². The standard InChI is InChI=1S/C8H11F2NOS/c9-8(10,6-12)5-11-3-7-1-2-13-4-7/h1-2,4,11-12H,3,5-6H2. The fraction of sp³-hybridized carbons (Fsp3) is 0.500. The summed E-state index contributed by atoms with van der Waals surface area (Å²) in [5.74, 6) is -3.02. The Morgan fingerprint density at radius 3 is 2.85 bits per heavy atom. The molecule has 0 aliphatic rings. The van der Waals surface area contributed by atoms with Crippen LogP contribution in [0.4, 0.5) is 8.78 Å². The fourth-order valence-corrected chi connectivity index (χ4v) is 1.51. The van der Waals surface area contributed by atoms with E-state index < -0.39 is 19.1 Å². The number of aliphatic hydroxyl groups excluding tert-OH is 1. The molecule has 0 amide bonds. The van der Waals surface area contributed by atoms with Crippen molar-refractivity contribution in [2.24, 2.45) is 0 Å². The van der Waals surface area contributed by atoms with Crippen molar-refractivity contribution >= 4 is 11.3 Å². The van der Waals surface area contributed by atoms with Gasteiger partial charge in [0.15, 0.2) is 0 Å². The quantitative estimate of drug-likeness (QED) is 0.766. The Labute approximate surface area is 79.2 Å². The third-order valence-electron chi connectivity index (χ3n) is 1.52. The minimum atomic E-state index is -3.02. The van der Waals surface area contributed by atoms with Crippen LogP contribution < -0.4 is 5.32 Å². The molecule has 0 spiro atoms. The monoisotopic (exact) mass is 207 g/mol. The Morgan fingerprint density at radius 2 is 2.31 bits per heavy atom. The summed E-state index contributed by atoms with van der Waals surface area (Å²) in [7, 11) is 0. The molecule has 0 aliphatic carbocycles. The molecule has 2 N–H and O–H groups in total. The second-order valence-corrected chi connectivity index (χ2v) is 3.53. The summed E-state index contributed by atoms with van der Waals surface area (Å²) in [6.45, 7) is -1.18. The first-order chi connectivity index (χ1) is 6.14. The molecule has 0 aliphatic heterocycles. The van der Waals surface area contributed by atoms with E-state index >= 15 is 0 Å². The maximum absolute atomic E-state index is 12.5. The molecule has 1 aromatic rings. The lowest BCUT2D eigenvalue weighted by molar-refractivity contribution is -0.0477. The highest BCUT2D eigenvalue weighted by atomic mass is 32.1. The Kier molecular flexibility index (Phi) is 3.77. The summed E-state index contributed by atoms with van der Waals surface area (Å²) in [6.07, 6.45) is 0. The normalized spacial score (nSPS) is 11.9. The van der Waals surface area contributed by atoms with E-state index in [1.165, 1.54) is 11.3 Å². The molecule has 1 heterocycles. The number of nitrogens with one attached hydrogen (secondary N) is 1. The van der Waals surface area contributed by atoms with E-state index in [4.69, 9.17) is 5.11 Å². The highest BCUT2D eigenvalue weighted by molar-refractivity contribution is 7.07. The lowest BCUT2D eigenvalue weighted by Gasteiger charge is -2.13. The van der Waals surface area contributed by atoms with Gasteiger partial charge in [0.2, 0.25) is 0 Å². The number of thiophene rings is 1. The van der Waals surface area contributed by atoms with Gasteiger partial charge in [-0.25, -0.2) is 8.78 Å². The van der Waals surface area contributed by atoms with E-state index in [1.54, 1.807) is 0 Å². The molecule has 0 radical (unpaired) electrons. The van der Waals surface area contributed by atoms with Crippen LogP contribution in [0, 0.1) is 0 Å². The Morgan fingerprint density at radius 1 is 1.54 bits per heavy atom. The van der Waals surface area contributed by atoms with Crippen molar-refractivity contribution in [2.75, 3.05) is 13.2 Å². The molecular weight excluding hydrogens is 196 g/mol. The van der Waals surface area contributed by atoms with E-state index in [1.807, 2.05) is 16.8 Å². The largest absolute Gasteiger partial charge is 0.390 e. The first-order valence-electron chi connectivity index (χ1n) is 3.84. The van der Waals surface area contributed by atoms with Crippen LogP contribution >= 0.6 is 11.3 Å². The van der Waals surface area contributed by atoms with Gasteiger partial charge in [-0.05, 0) is 22.4 Å². The Bertz CT molecular complexity index is 238. The number of alkyl halides is 2. The van der Waals surface area contributed by atoms with Crippen LogP contribution in [-0.2, 0) is 6.54 Å². The van der Waals surface area contributed by atoms with E-state index in [9.17, 15) is 8.78 Å². The van der Waals surface area contributed by atoms with Gasteiger partial charge in [-0.3, -0.25) is 0 Å². The van der Waals surface area contributed by atoms with Gasteiger partial charge in [-0.15, -0.1) is 0 Å². The van der Waals surface area contributed by atoms with Crippen molar-refractivity contribution in [2.45, 2.75) is 12.5 Å². The van der Waals surface area contributed by atoms with Crippen molar-refractivity contribution in [3.8, 4) is 0 Å². The third kappa shape index (κ3) is 3.80. The zero-order valence-electron chi connectivity index (χ0n) is 6.96. The molecular formula is C8H11F2NOS. The van der Waals surface area contributed by atoms with E-state index in [0.29, 0.717) is 6.54 Å². The van der Waals surface area contributed by atoms with Crippen LogP contribution in [0.25, 0.3) is 0 Å². The van der Waals surface area contributed by atoms with Crippen molar-refractivity contribution in [3.63, 3.8) is 0 Å². The summed E-state index contributed by atoms with van der Waals surface area (Å²) in [5, 5.41) is 14.6. The van der Waals surface area contributed by atoms with Crippen molar-refractivity contribution in [3.05, 3.63) is 22.4 Å². The molecule has 0 bridgehead atoms. The lowest BCUT2D eigenvalue weighted by Crippen LogP contribution is -2.35. The van der Waals surface area contributed by atoms with Gasteiger partial charge in [-0.2, -0.15) is 11.3 Å². The first kappa shape index (κ1) is 10.6. The van der Waals surface area contributed by atoms with Gasteiger partial charge >= 0.3 is 0 Å². The molecule has 0 fully saturated rings. The van der Waals surface area contributed by atoms with Gasteiger partial charge < -0.3 is 10.4 Å². The Hall–Kier alpha value is -0.520. The van der Waals surface area contributed by atoms with Gasteiger partial charge in [0.05, 0.1) is 6.54 Å². The Balaban J connectivity index is 2.21. The number of halogens is 2. The van der Waals surface area contributed by atoms with E-state index in [0.717, 1.165) is 5.56 Å². The minimum Gasteiger partial charge on any atom is -0.390 e. The molecule has 0 unspecified atom stereocenters. The lowest BCUT2D eigenvalue weighted by atomic mass is 10.3. The topological polar surface area (TPSA) is 32.3 Å². The molecule has 0 saturated carbocycles. The highest BCUT2D eigenvalue weighted by Gasteiger charge is 2.26. The molecule has 74 valence electrons. The highest BCUT2D eigenvalue weighted by Crippen LogP contribution is 2.11. The summed E-state index contributed by atoms with van der Waals surface area (Å²) < 4.78 is 24.9. The molecule has 5 heteroatoms. The molecule has 0 atom stereocenters.